The number of rotatable bonds is 5. The second kappa shape index (κ2) is 8.93. The molecule has 9 heteroatoms. The van der Waals surface area contributed by atoms with Crippen LogP contribution in [-0.2, 0) is 19.5 Å². The van der Waals surface area contributed by atoms with E-state index in [1.165, 1.54) is 4.88 Å². The fourth-order valence-corrected chi connectivity index (χ4v) is 2.35. The number of aliphatic imine (C=N–C) groups is 1. The summed E-state index contributed by atoms with van der Waals surface area (Å²) in [6.45, 7) is 5.00. The molecule has 0 fully saturated rings. The fourth-order valence-electron chi connectivity index (χ4n) is 1.54. The molecule has 2 N–H and O–H groups in total. The van der Waals surface area contributed by atoms with Gasteiger partial charge in [0.1, 0.15) is 5.01 Å². The highest BCUT2D eigenvalue weighted by Crippen LogP contribution is 2.12. The molecule has 0 aliphatic carbocycles. The van der Waals surface area contributed by atoms with Crippen molar-refractivity contribution in [3.05, 3.63) is 27.8 Å². The molecule has 0 bridgehead atoms. The van der Waals surface area contributed by atoms with Crippen molar-refractivity contribution >= 4 is 41.3 Å². The maximum Gasteiger partial charge on any atom is 0.246 e. The molecule has 0 saturated heterocycles. The first-order valence-corrected chi connectivity index (χ1v) is 7.20. The highest BCUT2D eigenvalue weighted by Gasteiger charge is 2.05. The number of hydrogen-bond donors (Lipinski definition) is 2. The molecule has 0 aliphatic heterocycles. The van der Waals surface area contributed by atoms with Crippen LogP contribution in [-0.4, -0.2) is 28.1 Å². The van der Waals surface area contributed by atoms with Crippen LogP contribution in [0.3, 0.4) is 0 Å². The number of nitrogens with zero attached hydrogens (tertiary/aromatic N) is 4. The van der Waals surface area contributed by atoms with Crippen LogP contribution >= 0.6 is 35.3 Å². The fraction of sp³-hybridized carbons (Fsp3) is 0.500. The number of aromatic nitrogens is 3. The van der Waals surface area contributed by atoms with E-state index < -0.39 is 0 Å². The molecule has 7 nitrogen and oxygen atoms in total. The maximum absolute atomic E-state index is 5.02. The van der Waals surface area contributed by atoms with Crippen LogP contribution in [0.1, 0.15) is 28.5 Å². The van der Waals surface area contributed by atoms with Gasteiger partial charge in [-0.1, -0.05) is 12.1 Å². The van der Waals surface area contributed by atoms with E-state index in [1.807, 2.05) is 6.20 Å². The normalized spacial score (nSPS) is 11.1. The molecular weight excluding hydrogens is 403 g/mol. The predicted molar refractivity (Wildman–Crippen MR) is 93.0 cm³/mol. The minimum absolute atomic E-state index is 0. The lowest BCUT2D eigenvalue weighted by Gasteiger charge is -2.08. The van der Waals surface area contributed by atoms with Gasteiger partial charge >= 0.3 is 0 Å². The van der Waals surface area contributed by atoms with Crippen molar-refractivity contribution in [2.75, 3.05) is 7.05 Å². The first-order chi connectivity index (χ1) is 9.71. The zero-order valence-electron chi connectivity index (χ0n) is 12.2. The molecule has 0 amide bonds. The Balaban J connectivity index is 0.00000220. The molecule has 0 unspecified atom stereocenters. The molecule has 2 aromatic rings. The van der Waals surface area contributed by atoms with Crippen LogP contribution in [0.15, 0.2) is 15.7 Å². The molecular formula is C12H19IN6OS. The molecule has 21 heavy (non-hydrogen) atoms. The third-order valence-electron chi connectivity index (χ3n) is 2.56. The second-order valence-electron chi connectivity index (χ2n) is 4.09. The number of thiazole rings is 1. The predicted octanol–water partition coefficient (Wildman–Crippen LogP) is 1.88. The standard InChI is InChI=1S/C12H18N6OS.HI/c1-4-9-5-14-11(20-9)7-16-12(13-3)15-6-10-17-8(2)18-19-10;/h5H,4,6-7H2,1-3H3,(H2,13,15,16);1H. The Bertz CT molecular complexity index is 582. The van der Waals surface area contributed by atoms with E-state index in [2.05, 4.69) is 37.7 Å². The first kappa shape index (κ1) is 17.8. The Morgan fingerprint density at radius 1 is 1.38 bits per heavy atom. The molecule has 0 spiro atoms. The van der Waals surface area contributed by atoms with E-state index in [0.29, 0.717) is 30.8 Å². The van der Waals surface area contributed by atoms with E-state index in [4.69, 9.17) is 4.52 Å². The molecule has 0 saturated carbocycles. The lowest BCUT2D eigenvalue weighted by molar-refractivity contribution is 0.371. The van der Waals surface area contributed by atoms with E-state index in [1.54, 1.807) is 25.3 Å². The average Bonchev–Trinajstić information content (AvgIpc) is 3.08. The molecule has 2 heterocycles. The zero-order valence-corrected chi connectivity index (χ0v) is 15.4. The van der Waals surface area contributed by atoms with Crippen molar-refractivity contribution in [3.63, 3.8) is 0 Å². The van der Waals surface area contributed by atoms with Gasteiger partial charge in [-0.3, -0.25) is 4.99 Å². The van der Waals surface area contributed by atoms with Crippen LogP contribution in [0, 0.1) is 6.92 Å². The minimum Gasteiger partial charge on any atom is -0.350 e. The number of nitrogens with one attached hydrogen (secondary N) is 2. The van der Waals surface area contributed by atoms with Gasteiger partial charge in [0.2, 0.25) is 5.89 Å². The van der Waals surface area contributed by atoms with Crippen molar-refractivity contribution in [2.45, 2.75) is 33.4 Å². The van der Waals surface area contributed by atoms with Gasteiger partial charge in [-0.25, -0.2) is 4.98 Å². The Kier molecular flexibility index (Phi) is 7.57. The second-order valence-corrected chi connectivity index (χ2v) is 5.29. The lowest BCUT2D eigenvalue weighted by Crippen LogP contribution is -2.36. The monoisotopic (exact) mass is 422 g/mol. The summed E-state index contributed by atoms with van der Waals surface area (Å²) >= 11 is 1.71. The molecule has 0 radical (unpaired) electrons. The smallest absolute Gasteiger partial charge is 0.246 e. The van der Waals surface area contributed by atoms with Gasteiger partial charge in [-0.15, -0.1) is 35.3 Å². The topological polar surface area (TPSA) is 88.2 Å². The van der Waals surface area contributed by atoms with E-state index in [-0.39, 0.29) is 24.0 Å². The van der Waals surface area contributed by atoms with Gasteiger partial charge in [-0.2, -0.15) is 4.98 Å². The summed E-state index contributed by atoms with van der Waals surface area (Å²) in [7, 11) is 1.72. The van der Waals surface area contributed by atoms with Crippen molar-refractivity contribution < 1.29 is 4.52 Å². The number of guanidine groups is 1. The Hall–Kier alpha value is -1.23. The summed E-state index contributed by atoms with van der Waals surface area (Å²) in [5.74, 6) is 1.83. The van der Waals surface area contributed by atoms with Crippen LogP contribution in [0.2, 0.25) is 0 Å². The van der Waals surface area contributed by atoms with Gasteiger partial charge < -0.3 is 15.2 Å². The summed E-state index contributed by atoms with van der Waals surface area (Å²) in [6, 6.07) is 0. The summed E-state index contributed by atoms with van der Waals surface area (Å²) < 4.78 is 5.02. The SMILES string of the molecule is CCc1cnc(CNC(=NC)NCc2nc(C)no2)s1.I. The third-order valence-corrected chi connectivity index (χ3v) is 3.70. The van der Waals surface area contributed by atoms with E-state index >= 15 is 0 Å². The zero-order chi connectivity index (χ0) is 14.4. The van der Waals surface area contributed by atoms with Crippen molar-refractivity contribution in [2.24, 2.45) is 4.99 Å². The molecule has 116 valence electrons. The third kappa shape index (κ3) is 5.58. The van der Waals surface area contributed by atoms with Crippen LogP contribution in [0.4, 0.5) is 0 Å². The summed E-state index contributed by atoms with van der Waals surface area (Å²) in [5.41, 5.74) is 0. The van der Waals surface area contributed by atoms with Gasteiger partial charge in [0.05, 0.1) is 13.1 Å². The molecule has 0 atom stereocenters. The summed E-state index contributed by atoms with van der Waals surface area (Å²) in [5, 5.41) is 11.1. The Labute approximate surface area is 144 Å². The average molecular weight is 422 g/mol. The quantitative estimate of drug-likeness (QED) is 0.435. The summed E-state index contributed by atoms with van der Waals surface area (Å²) in [6.07, 6.45) is 2.93. The Morgan fingerprint density at radius 3 is 2.71 bits per heavy atom. The molecule has 0 aliphatic rings. The summed E-state index contributed by atoms with van der Waals surface area (Å²) in [4.78, 5) is 13.9. The maximum atomic E-state index is 5.02. The Morgan fingerprint density at radius 2 is 2.14 bits per heavy atom. The highest BCUT2D eigenvalue weighted by atomic mass is 127. The number of halogens is 1. The van der Waals surface area contributed by atoms with Gasteiger partial charge in [0.25, 0.3) is 0 Å². The van der Waals surface area contributed by atoms with Crippen LogP contribution < -0.4 is 10.6 Å². The molecule has 2 rings (SSSR count). The molecule has 2 aromatic heterocycles. The van der Waals surface area contributed by atoms with Crippen LogP contribution in [0.25, 0.3) is 0 Å². The largest absolute Gasteiger partial charge is 0.350 e. The van der Waals surface area contributed by atoms with Gasteiger partial charge in [0.15, 0.2) is 11.8 Å². The molecule has 0 aromatic carbocycles. The van der Waals surface area contributed by atoms with Crippen molar-refractivity contribution in [1.29, 1.82) is 0 Å². The highest BCUT2D eigenvalue weighted by molar-refractivity contribution is 14.0. The van der Waals surface area contributed by atoms with E-state index in [9.17, 15) is 0 Å². The van der Waals surface area contributed by atoms with Crippen molar-refractivity contribution in [3.8, 4) is 0 Å². The van der Waals surface area contributed by atoms with E-state index in [0.717, 1.165) is 11.4 Å². The van der Waals surface area contributed by atoms with Gasteiger partial charge in [-0.05, 0) is 13.3 Å². The lowest BCUT2D eigenvalue weighted by atomic mass is 10.4. The van der Waals surface area contributed by atoms with Crippen LogP contribution in [0.5, 0.6) is 0 Å². The number of aryl methyl sites for hydroxylation is 2. The van der Waals surface area contributed by atoms with Gasteiger partial charge in [0, 0.05) is 18.1 Å². The number of hydrogen-bond acceptors (Lipinski definition) is 6. The minimum atomic E-state index is 0. The van der Waals surface area contributed by atoms with Crippen molar-refractivity contribution in [1.82, 2.24) is 25.8 Å². The first-order valence-electron chi connectivity index (χ1n) is 6.38.